The van der Waals surface area contributed by atoms with E-state index in [2.05, 4.69) is 10.3 Å². The molecule has 7 heteroatoms. The molecule has 0 aliphatic carbocycles. The molecule has 2 aromatic heterocycles. The van der Waals surface area contributed by atoms with Crippen LogP contribution in [0.25, 0.3) is 11.7 Å². The van der Waals surface area contributed by atoms with Gasteiger partial charge >= 0.3 is 0 Å². The van der Waals surface area contributed by atoms with Crippen molar-refractivity contribution in [2.45, 2.75) is 19.4 Å². The summed E-state index contributed by atoms with van der Waals surface area (Å²) in [5.41, 5.74) is 4.11. The van der Waals surface area contributed by atoms with E-state index in [1.807, 2.05) is 77.5 Å². The number of anilines is 2. The van der Waals surface area contributed by atoms with Gasteiger partial charge in [-0.2, -0.15) is 0 Å². The van der Waals surface area contributed by atoms with E-state index >= 15 is 0 Å². The van der Waals surface area contributed by atoms with Crippen molar-refractivity contribution < 1.29 is 14.3 Å². The number of fused-ring (bicyclic) bond motifs is 1. The van der Waals surface area contributed by atoms with Crippen LogP contribution in [0.3, 0.4) is 0 Å². The fourth-order valence-electron chi connectivity index (χ4n) is 3.92. The Balaban J connectivity index is 1.16. The van der Waals surface area contributed by atoms with Crippen LogP contribution < -0.4 is 15.0 Å². The maximum atomic E-state index is 12.4. The summed E-state index contributed by atoms with van der Waals surface area (Å²) in [6.45, 7) is 1.09. The highest BCUT2D eigenvalue weighted by atomic mass is 16.5. The molecular formula is C27H24N4O3. The van der Waals surface area contributed by atoms with E-state index in [9.17, 15) is 9.59 Å². The maximum Gasteiger partial charge on any atom is 0.248 e. The van der Waals surface area contributed by atoms with Gasteiger partial charge in [0.15, 0.2) is 0 Å². The van der Waals surface area contributed by atoms with Gasteiger partial charge in [0.05, 0.1) is 5.69 Å². The average molecular weight is 453 g/mol. The van der Waals surface area contributed by atoms with Gasteiger partial charge in [-0.1, -0.05) is 24.3 Å². The monoisotopic (exact) mass is 452 g/mol. The maximum absolute atomic E-state index is 12.4. The van der Waals surface area contributed by atoms with E-state index in [-0.39, 0.29) is 11.8 Å². The first-order valence-corrected chi connectivity index (χ1v) is 11.2. The lowest BCUT2D eigenvalue weighted by Crippen LogP contribution is -2.23. The Morgan fingerprint density at radius 2 is 1.97 bits per heavy atom. The number of nitrogens with one attached hydrogen (secondary N) is 1. The van der Waals surface area contributed by atoms with E-state index in [0.717, 1.165) is 35.6 Å². The van der Waals surface area contributed by atoms with E-state index in [0.29, 0.717) is 24.5 Å². The number of rotatable bonds is 7. The van der Waals surface area contributed by atoms with Crippen molar-refractivity contribution in [1.82, 2.24) is 9.38 Å². The number of hydrogen-bond donors (Lipinski definition) is 1. The molecule has 2 aromatic carbocycles. The molecular weight excluding hydrogens is 428 g/mol. The Hall–Kier alpha value is -4.39. The summed E-state index contributed by atoms with van der Waals surface area (Å²) in [5.74, 6) is 0.564. The van der Waals surface area contributed by atoms with Crippen molar-refractivity contribution in [1.29, 1.82) is 0 Å². The Morgan fingerprint density at radius 3 is 2.76 bits per heavy atom. The molecule has 7 nitrogen and oxygen atoms in total. The van der Waals surface area contributed by atoms with Gasteiger partial charge in [-0.05, 0) is 54.5 Å². The highest BCUT2D eigenvalue weighted by molar-refractivity contribution is 6.02. The second kappa shape index (κ2) is 9.62. The number of imidazole rings is 1. The molecule has 34 heavy (non-hydrogen) atoms. The predicted octanol–water partition coefficient (Wildman–Crippen LogP) is 4.69. The normalized spacial score (nSPS) is 13.6. The zero-order valence-electron chi connectivity index (χ0n) is 18.6. The number of carbonyl (C=O) groups excluding carboxylic acids is 2. The summed E-state index contributed by atoms with van der Waals surface area (Å²) >= 11 is 0. The van der Waals surface area contributed by atoms with Gasteiger partial charge < -0.3 is 19.4 Å². The van der Waals surface area contributed by atoms with Crippen LogP contribution in [0.2, 0.25) is 0 Å². The first-order valence-electron chi connectivity index (χ1n) is 11.2. The van der Waals surface area contributed by atoms with Crippen LogP contribution in [0.4, 0.5) is 11.4 Å². The molecule has 0 unspecified atom stereocenters. The van der Waals surface area contributed by atoms with Crippen LogP contribution in [0.5, 0.6) is 5.75 Å². The molecule has 3 heterocycles. The van der Waals surface area contributed by atoms with E-state index in [4.69, 9.17) is 4.74 Å². The molecule has 1 N–H and O–H groups in total. The lowest BCUT2D eigenvalue weighted by atomic mass is 10.2. The van der Waals surface area contributed by atoms with Crippen molar-refractivity contribution in [3.05, 3.63) is 96.5 Å². The van der Waals surface area contributed by atoms with E-state index < -0.39 is 0 Å². The number of benzene rings is 2. The van der Waals surface area contributed by atoms with Gasteiger partial charge in [-0.25, -0.2) is 4.98 Å². The Labute approximate surface area is 197 Å². The van der Waals surface area contributed by atoms with Crippen LogP contribution in [0.1, 0.15) is 24.1 Å². The number of amides is 2. The highest BCUT2D eigenvalue weighted by Crippen LogP contribution is 2.22. The minimum atomic E-state index is -0.240. The summed E-state index contributed by atoms with van der Waals surface area (Å²) in [4.78, 5) is 30.6. The third-order valence-corrected chi connectivity index (χ3v) is 5.61. The molecule has 0 radical (unpaired) electrons. The third-order valence-electron chi connectivity index (χ3n) is 5.61. The fraction of sp³-hybridized carbons (Fsp3) is 0.148. The zero-order valence-corrected chi connectivity index (χ0v) is 18.6. The predicted molar refractivity (Wildman–Crippen MR) is 132 cm³/mol. The number of aromatic nitrogens is 2. The Kier molecular flexibility index (Phi) is 6.07. The van der Waals surface area contributed by atoms with Gasteiger partial charge in [0.2, 0.25) is 11.8 Å². The standard InChI is InChI=1S/C27H24N4O3/c32-26(14-11-20-9-12-23(13-10-20)31-16-4-8-27(31)33)29-21-5-3-6-24(17-21)34-19-22-18-30-15-2-1-7-25(30)28-22/h1-3,5-7,9-15,17-18H,4,8,16,19H2,(H,29,32)/b14-11+. The largest absolute Gasteiger partial charge is 0.487 e. The molecule has 1 saturated heterocycles. The molecule has 170 valence electrons. The molecule has 0 atom stereocenters. The summed E-state index contributed by atoms with van der Waals surface area (Å²) in [6, 6.07) is 20.7. The summed E-state index contributed by atoms with van der Waals surface area (Å²) in [5, 5.41) is 2.86. The first-order chi connectivity index (χ1) is 16.6. The first kappa shape index (κ1) is 21.5. The minimum Gasteiger partial charge on any atom is -0.487 e. The van der Waals surface area contributed by atoms with Gasteiger partial charge in [0.25, 0.3) is 0 Å². The second-order valence-corrected chi connectivity index (χ2v) is 8.08. The molecule has 1 aliphatic rings. The molecule has 5 rings (SSSR count). The second-order valence-electron chi connectivity index (χ2n) is 8.08. The lowest BCUT2D eigenvalue weighted by Gasteiger charge is -2.15. The third kappa shape index (κ3) is 4.99. The summed E-state index contributed by atoms with van der Waals surface area (Å²) < 4.78 is 7.81. The number of hydrogen-bond acceptors (Lipinski definition) is 4. The fourth-order valence-corrected chi connectivity index (χ4v) is 3.92. The minimum absolute atomic E-state index is 0.159. The van der Waals surface area contributed by atoms with Crippen LogP contribution in [0, 0.1) is 0 Å². The molecule has 2 amide bonds. The number of ether oxygens (including phenoxy) is 1. The smallest absolute Gasteiger partial charge is 0.248 e. The van der Waals surface area contributed by atoms with Crippen molar-refractivity contribution in [3.8, 4) is 5.75 Å². The number of carbonyl (C=O) groups is 2. The zero-order chi connectivity index (χ0) is 23.3. The van der Waals surface area contributed by atoms with Gasteiger partial charge in [-0.15, -0.1) is 0 Å². The van der Waals surface area contributed by atoms with Gasteiger partial charge in [-0.3, -0.25) is 9.59 Å². The molecule has 1 aliphatic heterocycles. The summed E-state index contributed by atoms with van der Waals surface area (Å²) in [6.07, 6.45) is 8.61. The molecule has 1 fully saturated rings. The Bertz CT molecular complexity index is 1320. The van der Waals surface area contributed by atoms with Crippen LogP contribution >= 0.6 is 0 Å². The Morgan fingerprint density at radius 1 is 1.09 bits per heavy atom. The summed E-state index contributed by atoms with van der Waals surface area (Å²) in [7, 11) is 0. The van der Waals surface area contributed by atoms with Crippen molar-refractivity contribution in [2.75, 3.05) is 16.8 Å². The van der Waals surface area contributed by atoms with Crippen molar-refractivity contribution >= 4 is 34.9 Å². The highest BCUT2D eigenvalue weighted by Gasteiger charge is 2.21. The molecule has 0 saturated carbocycles. The number of pyridine rings is 1. The average Bonchev–Trinajstić information content (AvgIpc) is 3.48. The van der Waals surface area contributed by atoms with Crippen molar-refractivity contribution in [3.63, 3.8) is 0 Å². The quantitative estimate of drug-likeness (QED) is 0.413. The topological polar surface area (TPSA) is 75.9 Å². The van der Waals surface area contributed by atoms with Crippen molar-refractivity contribution in [2.24, 2.45) is 0 Å². The van der Waals surface area contributed by atoms with E-state index in [1.54, 1.807) is 17.0 Å². The SMILES string of the molecule is O=C(/C=C/c1ccc(N2CCCC2=O)cc1)Nc1cccc(OCc2cn3ccccc3n2)c1. The molecule has 4 aromatic rings. The van der Waals surface area contributed by atoms with Crippen LogP contribution in [0.15, 0.2) is 85.2 Å². The van der Waals surface area contributed by atoms with Crippen LogP contribution in [-0.2, 0) is 16.2 Å². The lowest BCUT2D eigenvalue weighted by molar-refractivity contribution is -0.117. The van der Waals surface area contributed by atoms with Gasteiger partial charge in [0.1, 0.15) is 18.0 Å². The molecule has 0 spiro atoms. The van der Waals surface area contributed by atoms with E-state index in [1.165, 1.54) is 6.08 Å². The number of nitrogens with zero attached hydrogens (tertiary/aromatic N) is 3. The molecule has 0 bridgehead atoms. The van der Waals surface area contributed by atoms with Crippen LogP contribution in [-0.4, -0.2) is 27.7 Å². The van der Waals surface area contributed by atoms with Gasteiger partial charge in [0, 0.05) is 48.9 Å².